The maximum atomic E-state index is 12.3. The molecule has 1 aliphatic heterocycles. The van der Waals surface area contributed by atoms with Crippen molar-refractivity contribution in [3.8, 4) is 0 Å². The van der Waals surface area contributed by atoms with Crippen LogP contribution < -0.4 is 11.1 Å². The molecule has 3 unspecified atom stereocenters. The SMILES string of the molecule is CCCC(C)(N)C(=O)NC1CCOC(C(CC)CC)C1. The summed E-state index contributed by atoms with van der Waals surface area (Å²) < 4.78 is 5.88. The van der Waals surface area contributed by atoms with E-state index in [1.54, 1.807) is 0 Å². The van der Waals surface area contributed by atoms with Crippen LogP contribution in [0.4, 0.5) is 0 Å². The van der Waals surface area contributed by atoms with Gasteiger partial charge in [-0.05, 0) is 32.1 Å². The summed E-state index contributed by atoms with van der Waals surface area (Å²) in [5.41, 5.74) is 5.34. The zero-order valence-electron chi connectivity index (χ0n) is 13.6. The molecular formula is C16H32N2O2. The standard InChI is InChI=1S/C16H32N2O2/c1-5-9-16(4,17)15(19)18-13-8-10-20-14(11-13)12(6-2)7-3/h12-14H,5-11,17H2,1-4H3,(H,18,19). The van der Waals surface area contributed by atoms with Gasteiger partial charge in [0.2, 0.25) is 5.91 Å². The summed E-state index contributed by atoms with van der Waals surface area (Å²) in [7, 11) is 0. The Hall–Kier alpha value is -0.610. The van der Waals surface area contributed by atoms with Gasteiger partial charge < -0.3 is 15.8 Å². The Labute approximate surface area is 123 Å². The van der Waals surface area contributed by atoms with Gasteiger partial charge in [-0.25, -0.2) is 0 Å². The minimum atomic E-state index is -0.753. The van der Waals surface area contributed by atoms with Crippen LogP contribution in [0, 0.1) is 5.92 Å². The predicted molar refractivity (Wildman–Crippen MR) is 82.5 cm³/mol. The van der Waals surface area contributed by atoms with Crippen LogP contribution in [0.25, 0.3) is 0 Å². The van der Waals surface area contributed by atoms with Gasteiger partial charge in [0.15, 0.2) is 0 Å². The van der Waals surface area contributed by atoms with E-state index in [2.05, 4.69) is 26.1 Å². The highest BCUT2D eigenvalue weighted by Gasteiger charge is 2.32. The Bertz CT molecular complexity index is 301. The molecule has 3 N–H and O–H groups in total. The van der Waals surface area contributed by atoms with Crippen LogP contribution in [-0.4, -0.2) is 30.2 Å². The molecule has 3 atom stereocenters. The molecule has 0 radical (unpaired) electrons. The summed E-state index contributed by atoms with van der Waals surface area (Å²) in [6.07, 6.45) is 5.99. The minimum Gasteiger partial charge on any atom is -0.378 e. The van der Waals surface area contributed by atoms with Crippen molar-refractivity contribution < 1.29 is 9.53 Å². The van der Waals surface area contributed by atoms with E-state index in [1.807, 2.05) is 6.92 Å². The van der Waals surface area contributed by atoms with Crippen molar-refractivity contribution >= 4 is 5.91 Å². The summed E-state index contributed by atoms with van der Waals surface area (Å²) in [4.78, 5) is 12.3. The fourth-order valence-electron chi connectivity index (χ4n) is 3.09. The molecule has 1 saturated heterocycles. The maximum Gasteiger partial charge on any atom is 0.240 e. The molecule has 20 heavy (non-hydrogen) atoms. The molecule has 0 spiro atoms. The number of nitrogens with two attached hydrogens (primary N) is 1. The smallest absolute Gasteiger partial charge is 0.240 e. The molecule has 118 valence electrons. The van der Waals surface area contributed by atoms with Gasteiger partial charge in [-0.15, -0.1) is 0 Å². The fraction of sp³-hybridized carbons (Fsp3) is 0.938. The number of amides is 1. The van der Waals surface area contributed by atoms with Crippen molar-refractivity contribution in [2.75, 3.05) is 6.61 Å². The molecule has 0 saturated carbocycles. The second-order valence-electron chi connectivity index (χ2n) is 6.35. The van der Waals surface area contributed by atoms with Gasteiger partial charge in [0, 0.05) is 12.6 Å². The third-order valence-electron chi connectivity index (χ3n) is 4.51. The zero-order valence-corrected chi connectivity index (χ0v) is 13.6. The van der Waals surface area contributed by atoms with Crippen LogP contribution in [-0.2, 0) is 9.53 Å². The lowest BCUT2D eigenvalue weighted by Crippen LogP contribution is -2.55. The van der Waals surface area contributed by atoms with Crippen LogP contribution in [0.1, 0.15) is 66.2 Å². The third kappa shape index (κ3) is 4.74. The average molecular weight is 284 g/mol. The number of hydrogen-bond donors (Lipinski definition) is 2. The van der Waals surface area contributed by atoms with Crippen LogP contribution in [0.15, 0.2) is 0 Å². The van der Waals surface area contributed by atoms with Crippen molar-refractivity contribution in [2.24, 2.45) is 11.7 Å². The molecule has 0 aromatic carbocycles. The summed E-state index contributed by atoms with van der Waals surface area (Å²) >= 11 is 0. The first kappa shape index (κ1) is 17.4. The van der Waals surface area contributed by atoms with E-state index in [0.29, 0.717) is 5.92 Å². The number of ether oxygens (including phenoxy) is 1. The van der Waals surface area contributed by atoms with Crippen molar-refractivity contribution in [3.63, 3.8) is 0 Å². The van der Waals surface area contributed by atoms with Crippen molar-refractivity contribution in [3.05, 3.63) is 0 Å². The molecular weight excluding hydrogens is 252 g/mol. The molecule has 4 heteroatoms. The van der Waals surface area contributed by atoms with E-state index in [4.69, 9.17) is 10.5 Å². The molecule has 1 aliphatic rings. The summed E-state index contributed by atoms with van der Waals surface area (Å²) in [5, 5.41) is 3.13. The predicted octanol–water partition coefficient (Wildman–Crippen LogP) is 2.60. The van der Waals surface area contributed by atoms with Gasteiger partial charge in [0.25, 0.3) is 0 Å². The molecule has 1 heterocycles. The monoisotopic (exact) mass is 284 g/mol. The van der Waals surface area contributed by atoms with Crippen LogP contribution >= 0.6 is 0 Å². The van der Waals surface area contributed by atoms with Crippen molar-refractivity contribution in [2.45, 2.75) is 83.9 Å². The first-order valence-electron chi connectivity index (χ1n) is 8.16. The second kappa shape index (κ2) is 7.99. The van der Waals surface area contributed by atoms with Gasteiger partial charge in [-0.2, -0.15) is 0 Å². The van der Waals surface area contributed by atoms with Gasteiger partial charge in [0.05, 0.1) is 11.6 Å². The Morgan fingerprint density at radius 3 is 2.60 bits per heavy atom. The largest absolute Gasteiger partial charge is 0.378 e. The van der Waals surface area contributed by atoms with E-state index in [1.165, 1.54) is 0 Å². The van der Waals surface area contributed by atoms with E-state index in [0.717, 1.165) is 45.1 Å². The number of rotatable bonds is 7. The Morgan fingerprint density at radius 2 is 2.05 bits per heavy atom. The van der Waals surface area contributed by atoms with Crippen LogP contribution in [0.5, 0.6) is 0 Å². The Morgan fingerprint density at radius 1 is 1.40 bits per heavy atom. The topological polar surface area (TPSA) is 64.4 Å². The maximum absolute atomic E-state index is 12.3. The van der Waals surface area contributed by atoms with E-state index >= 15 is 0 Å². The number of hydrogen-bond acceptors (Lipinski definition) is 3. The molecule has 1 amide bonds. The van der Waals surface area contributed by atoms with Crippen LogP contribution in [0.3, 0.4) is 0 Å². The Balaban J connectivity index is 2.53. The summed E-state index contributed by atoms with van der Waals surface area (Å²) in [6, 6.07) is 0.210. The quantitative estimate of drug-likeness (QED) is 0.755. The molecule has 0 bridgehead atoms. The third-order valence-corrected chi connectivity index (χ3v) is 4.51. The first-order valence-corrected chi connectivity index (χ1v) is 8.16. The van der Waals surface area contributed by atoms with Crippen molar-refractivity contribution in [1.29, 1.82) is 0 Å². The van der Waals surface area contributed by atoms with Crippen LogP contribution in [0.2, 0.25) is 0 Å². The number of carbonyl (C=O) groups excluding carboxylic acids is 1. The molecule has 0 aromatic heterocycles. The molecule has 1 fully saturated rings. The van der Waals surface area contributed by atoms with E-state index in [9.17, 15) is 4.79 Å². The summed E-state index contributed by atoms with van der Waals surface area (Å²) in [5.74, 6) is 0.573. The number of carbonyl (C=O) groups is 1. The lowest BCUT2D eigenvalue weighted by atomic mass is 9.88. The zero-order chi connectivity index (χ0) is 15.2. The Kier molecular flexibility index (Phi) is 6.96. The summed E-state index contributed by atoms with van der Waals surface area (Å²) in [6.45, 7) is 9.02. The van der Waals surface area contributed by atoms with E-state index in [-0.39, 0.29) is 18.1 Å². The molecule has 0 aromatic rings. The number of nitrogens with one attached hydrogen (secondary N) is 1. The van der Waals surface area contributed by atoms with E-state index < -0.39 is 5.54 Å². The average Bonchev–Trinajstić information content (AvgIpc) is 2.40. The minimum absolute atomic E-state index is 0.0189. The normalized spacial score (nSPS) is 26.3. The van der Waals surface area contributed by atoms with Gasteiger partial charge >= 0.3 is 0 Å². The highest BCUT2D eigenvalue weighted by molar-refractivity contribution is 5.85. The van der Waals surface area contributed by atoms with Gasteiger partial charge in [-0.3, -0.25) is 4.79 Å². The highest BCUT2D eigenvalue weighted by atomic mass is 16.5. The van der Waals surface area contributed by atoms with Gasteiger partial charge in [0.1, 0.15) is 0 Å². The fourth-order valence-corrected chi connectivity index (χ4v) is 3.09. The highest BCUT2D eigenvalue weighted by Crippen LogP contribution is 2.25. The lowest BCUT2D eigenvalue weighted by molar-refractivity contribution is -0.128. The second-order valence-corrected chi connectivity index (χ2v) is 6.35. The molecule has 1 rings (SSSR count). The van der Waals surface area contributed by atoms with Gasteiger partial charge in [-0.1, -0.05) is 40.0 Å². The molecule has 0 aliphatic carbocycles. The van der Waals surface area contributed by atoms with Crippen molar-refractivity contribution in [1.82, 2.24) is 5.32 Å². The molecule has 4 nitrogen and oxygen atoms in total. The first-order chi connectivity index (χ1) is 9.44. The lowest BCUT2D eigenvalue weighted by Gasteiger charge is -2.36.